The summed E-state index contributed by atoms with van der Waals surface area (Å²) in [7, 11) is 0. The molecule has 206 valence electrons. The monoisotopic (exact) mass is 552 g/mol. The van der Waals surface area contributed by atoms with Gasteiger partial charge < -0.3 is 5.32 Å². The number of aromatic nitrogens is 1. The van der Waals surface area contributed by atoms with E-state index in [-0.39, 0.29) is 6.04 Å². The van der Waals surface area contributed by atoms with Crippen LogP contribution in [0.5, 0.6) is 0 Å². The van der Waals surface area contributed by atoms with E-state index in [0.717, 1.165) is 24.1 Å². The second kappa shape index (κ2) is 10.6. The molecule has 1 atom stereocenters. The van der Waals surface area contributed by atoms with Crippen molar-refractivity contribution in [2.75, 3.05) is 0 Å². The molecule has 0 saturated heterocycles. The maximum atomic E-state index is 4.37. The third kappa shape index (κ3) is 4.47. The first kappa shape index (κ1) is 25.5. The van der Waals surface area contributed by atoms with Gasteiger partial charge in [-0.2, -0.15) is 0 Å². The van der Waals surface area contributed by atoms with Crippen molar-refractivity contribution in [3.8, 4) is 22.3 Å². The summed E-state index contributed by atoms with van der Waals surface area (Å²) in [4.78, 5) is 4.37. The third-order valence-corrected chi connectivity index (χ3v) is 8.98. The van der Waals surface area contributed by atoms with Crippen LogP contribution in [-0.2, 0) is 6.42 Å². The summed E-state index contributed by atoms with van der Waals surface area (Å²) >= 11 is 0. The number of hydrogen-bond acceptors (Lipinski definition) is 2. The summed E-state index contributed by atoms with van der Waals surface area (Å²) in [6, 6.07) is 36.1. The maximum absolute atomic E-state index is 4.37. The molecule has 8 rings (SSSR count). The lowest BCUT2D eigenvalue weighted by Gasteiger charge is -2.24. The molecule has 0 amide bonds. The second-order valence-electron chi connectivity index (χ2n) is 11.6. The zero-order valence-electron chi connectivity index (χ0n) is 24.2. The Morgan fingerprint density at radius 3 is 2.19 bits per heavy atom. The molecule has 0 spiro atoms. The first-order chi connectivity index (χ1) is 21.2. The number of fused-ring (bicyclic) bond motifs is 3. The predicted molar refractivity (Wildman–Crippen MR) is 182 cm³/mol. The lowest BCUT2D eigenvalue weighted by atomic mass is 9.84. The zero-order valence-corrected chi connectivity index (χ0v) is 24.2. The van der Waals surface area contributed by atoms with Crippen molar-refractivity contribution >= 4 is 33.3 Å². The van der Waals surface area contributed by atoms with Crippen LogP contribution in [0.15, 0.2) is 134 Å². The molecule has 0 radical (unpaired) electrons. The van der Waals surface area contributed by atoms with E-state index in [1.165, 1.54) is 66.1 Å². The predicted octanol–water partition coefficient (Wildman–Crippen LogP) is 10.2. The fourth-order valence-electron chi connectivity index (χ4n) is 6.86. The highest BCUT2D eigenvalue weighted by molar-refractivity contribution is 6.21. The van der Waals surface area contributed by atoms with Crippen LogP contribution in [0.1, 0.15) is 40.3 Å². The molecule has 1 aromatic heterocycles. The average Bonchev–Trinajstić information content (AvgIpc) is 3.07. The number of nitrogens with one attached hydrogen (secondary N) is 1. The van der Waals surface area contributed by atoms with E-state index in [1.54, 1.807) is 0 Å². The molecule has 2 nitrogen and oxygen atoms in total. The van der Waals surface area contributed by atoms with Gasteiger partial charge in [0.1, 0.15) is 0 Å². The lowest BCUT2D eigenvalue weighted by Crippen LogP contribution is -2.21. The van der Waals surface area contributed by atoms with E-state index in [2.05, 4.69) is 145 Å². The molecule has 0 fully saturated rings. The van der Waals surface area contributed by atoms with Crippen LogP contribution in [0.4, 0.5) is 0 Å². The van der Waals surface area contributed by atoms with Crippen molar-refractivity contribution in [3.63, 3.8) is 0 Å². The van der Waals surface area contributed by atoms with E-state index in [9.17, 15) is 0 Å². The van der Waals surface area contributed by atoms with Crippen LogP contribution in [0.25, 0.3) is 55.6 Å². The highest BCUT2D eigenvalue weighted by atomic mass is 14.9. The van der Waals surface area contributed by atoms with E-state index in [4.69, 9.17) is 0 Å². The summed E-state index contributed by atoms with van der Waals surface area (Å²) in [6.07, 6.45) is 17.1. The smallest absolute Gasteiger partial charge is 0.0701 e. The van der Waals surface area contributed by atoms with Crippen LogP contribution < -0.4 is 5.32 Å². The summed E-state index contributed by atoms with van der Waals surface area (Å²) in [5, 5.41) is 8.91. The Morgan fingerprint density at radius 1 is 0.744 bits per heavy atom. The molecule has 2 heteroatoms. The summed E-state index contributed by atoms with van der Waals surface area (Å²) in [5.41, 5.74) is 12.6. The molecule has 1 unspecified atom stereocenters. The Kier molecular flexibility index (Phi) is 6.26. The first-order valence-corrected chi connectivity index (χ1v) is 15.1. The normalized spacial score (nSPS) is 15.7. The van der Waals surface area contributed by atoms with E-state index >= 15 is 0 Å². The summed E-state index contributed by atoms with van der Waals surface area (Å²) in [5.74, 6) is 0. The van der Waals surface area contributed by atoms with Crippen molar-refractivity contribution in [2.24, 2.45) is 0 Å². The number of dihydropyridines is 1. The largest absolute Gasteiger partial charge is 0.374 e. The van der Waals surface area contributed by atoms with Crippen molar-refractivity contribution < 1.29 is 0 Å². The summed E-state index contributed by atoms with van der Waals surface area (Å²) < 4.78 is 0. The highest BCUT2D eigenvalue weighted by Crippen LogP contribution is 2.44. The van der Waals surface area contributed by atoms with Gasteiger partial charge in [0.2, 0.25) is 0 Å². The fraction of sp³-hybridized carbons (Fsp3) is 0.0976. The van der Waals surface area contributed by atoms with Crippen molar-refractivity contribution in [2.45, 2.75) is 25.8 Å². The van der Waals surface area contributed by atoms with Crippen LogP contribution in [0.2, 0.25) is 0 Å². The molecule has 0 saturated carbocycles. The zero-order chi connectivity index (χ0) is 28.8. The SMILES string of the molecule is Cc1ccncc1C1=CC=CC(c2cccc(-c3c4ccccc4c(-c4ccc5c(c4)CCC=C5)c4ccccc34)c2)N1. The lowest BCUT2D eigenvalue weighted by molar-refractivity contribution is 0.763. The van der Waals surface area contributed by atoms with E-state index < -0.39 is 0 Å². The first-order valence-electron chi connectivity index (χ1n) is 15.1. The number of nitrogens with zero attached hydrogens (tertiary/aromatic N) is 1. The van der Waals surface area contributed by atoms with Crippen molar-refractivity contribution in [3.05, 3.63) is 162 Å². The van der Waals surface area contributed by atoms with Gasteiger partial charge in [0.15, 0.2) is 0 Å². The van der Waals surface area contributed by atoms with Crippen molar-refractivity contribution in [1.29, 1.82) is 0 Å². The van der Waals surface area contributed by atoms with Gasteiger partial charge in [0.05, 0.1) is 6.04 Å². The maximum Gasteiger partial charge on any atom is 0.0701 e. The average molecular weight is 553 g/mol. The number of rotatable bonds is 4. The fourth-order valence-corrected chi connectivity index (χ4v) is 6.86. The quantitative estimate of drug-likeness (QED) is 0.220. The Labute approximate surface area is 252 Å². The van der Waals surface area contributed by atoms with Crippen LogP contribution in [0, 0.1) is 6.92 Å². The van der Waals surface area contributed by atoms with Crippen LogP contribution in [-0.4, -0.2) is 4.98 Å². The standard InChI is InChI=1S/C41H32N2/c1-27-22-23-42-26-37(27)39-19-9-18-38(43-39)30-12-8-13-31(25-30)40-33-14-4-6-16-35(33)41(36-17-7-5-15-34(36)40)32-21-20-28-10-2-3-11-29(28)24-32/h2,4-10,12-26,38,43H,3,11H2,1H3. The molecule has 5 aromatic carbocycles. The van der Waals surface area contributed by atoms with Gasteiger partial charge in [-0.05, 0) is 104 Å². The number of hydrogen-bond donors (Lipinski definition) is 1. The molecular weight excluding hydrogens is 520 g/mol. The molecule has 6 aromatic rings. The molecular formula is C41H32N2. The number of pyridine rings is 1. The third-order valence-electron chi connectivity index (χ3n) is 8.98. The highest BCUT2D eigenvalue weighted by Gasteiger charge is 2.20. The Bertz CT molecular complexity index is 2070. The summed E-state index contributed by atoms with van der Waals surface area (Å²) in [6.45, 7) is 2.13. The molecule has 1 aliphatic carbocycles. The van der Waals surface area contributed by atoms with E-state index in [1.807, 2.05) is 12.4 Å². The van der Waals surface area contributed by atoms with Crippen molar-refractivity contribution in [1.82, 2.24) is 10.3 Å². The van der Waals surface area contributed by atoms with Crippen LogP contribution in [0.3, 0.4) is 0 Å². The minimum atomic E-state index is 0.0703. The Balaban J connectivity index is 1.28. The van der Waals surface area contributed by atoms with Gasteiger partial charge in [-0.25, -0.2) is 0 Å². The topological polar surface area (TPSA) is 24.9 Å². The van der Waals surface area contributed by atoms with Crippen LogP contribution >= 0.6 is 0 Å². The molecule has 0 bridgehead atoms. The molecule has 1 N–H and O–H groups in total. The minimum absolute atomic E-state index is 0.0703. The van der Waals surface area contributed by atoms with Gasteiger partial charge >= 0.3 is 0 Å². The van der Waals surface area contributed by atoms with Gasteiger partial charge in [-0.1, -0.05) is 109 Å². The van der Waals surface area contributed by atoms with Gasteiger partial charge in [-0.3, -0.25) is 4.98 Å². The molecule has 2 heterocycles. The van der Waals surface area contributed by atoms with Gasteiger partial charge in [-0.15, -0.1) is 0 Å². The second-order valence-corrected chi connectivity index (χ2v) is 11.6. The number of benzene rings is 5. The Morgan fingerprint density at radius 2 is 1.47 bits per heavy atom. The number of allylic oxidation sites excluding steroid dienone is 3. The minimum Gasteiger partial charge on any atom is -0.374 e. The number of aryl methyl sites for hydroxylation is 2. The van der Waals surface area contributed by atoms with Gasteiger partial charge in [0.25, 0.3) is 0 Å². The molecule has 43 heavy (non-hydrogen) atoms. The van der Waals surface area contributed by atoms with Gasteiger partial charge in [0, 0.05) is 23.7 Å². The molecule has 1 aliphatic heterocycles. The Hall–Kier alpha value is -5.21. The van der Waals surface area contributed by atoms with E-state index in [0.29, 0.717) is 0 Å². The molecule has 2 aliphatic rings.